The molecule has 0 saturated carbocycles. The van der Waals surface area contributed by atoms with E-state index in [1.54, 1.807) is 12.1 Å². The number of aromatic hydroxyl groups is 1. The molecular weight excluding hydrogens is 281 g/mol. The van der Waals surface area contributed by atoms with Crippen molar-refractivity contribution in [3.63, 3.8) is 0 Å². The fraction of sp³-hybridized carbons (Fsp3) is 0.267. The van der Waals surface area contributed by atoms with E-state index >= 15 is 0 Å². The molecule has 0 aliphatic carbocycles. The number of phenolic OH excluding ortho intramolecular Hbond substituents is 1. The van der Waals surface area contributed by atoms with Gasteiger partial charge in [0, 0.05) is 5.56 Å². The van der Waals surface area contributed by atoms with Crippen LogP contribution in [-0.4, -0.2) is 10.1 Å². The predicted molar refractivity (Wildman–Crippen MR) is 74.1 cm³/mol. The molecule has 1 atom stereocenters. The highest BCUT2D eigenvalue weighted by Crippen LogP contribution is 2.30. The van der Waals surface area contributed by atoms with Crippen molar-refractivity contribution in [3.8, 4) is 5.75 Å². The van der Waals surface area contributed by atoms with E-state index in [0.717, 1.165) is 17.8 Å². The Hall–Kier alpha value is -2.24. The molecule has 0 spiro atoms. The second kappa shape index (κ2) is 5.63. The van der Waals surface area contributed by atoms with Crippen molar-refractivity contribution >= 4 is 5.69 Å². The van der Waals surface area contributed by atoms with E-state index in [2.05, 4.69) is 10.3 Å². The van der Waals surface area contributed by atoms with Crippen LogP contribution in [0.1, 0.15) is 29.8 Å². The van der Waals surface area contributed by atoms with Crippen LogP contribution in [0.5, 0.6) is 5.75 Å². The molecule has 6 heteroatoms. The number of hydrogen-bond donors (Lipinski definition) is 2. The maximum Gasteiger partial charge on any atom is 0.433 e. The Balaban J connectivity index is 2.16. The van der Waals surface area contributed by atoms with Gasteiger partial charge in [0.2, 0.25) is 0 Å². The van der Waals surface area contributed by atoms with Gasteiger partial charge in [-0.2, -0.15) is 13.2 Å². The molecule has 1 unspecified atom stereocenters. The number of halogens is 3. The molecule has 0 aliphatic heterocycles. The zero-order valence-electron chi connectivity index (χ0n) is 11.6. The third-order valence-corrected chi connectivity index (χ3v) is 3.09. The lowest BCUT2D eigenvalue weighted by molar-refractivity contribution is -0.141. The maximum absolute atomic E-state index is 12.4. The molecule has 0 saturated heterocycles. The molecule has 3 nitrogen and oxygen atoms in total. The Morgan fingerprint density at radius 1 is 1.19 bits per heavy atom. The number of pyridine rings is 1. The molecule has 0 amide bonds. The minimum Gasteiger partial charge on any atom is -0.508 e. The summed E-state index contributed by atoms with van der Waals surface area (Å²) in [5.41, 5.74) is 1.19. The minimum absolute atomic E-state index is 0.139. The van der Waals surface area contributed by atoms with E-state index in [0.29, 0.717) is 11.3 Å². The molecule has 0 fully saturated rings. The Bertz CT molecular complexity index is 624. The van der Waals surface area contributed by atoms with Crippen LogP contribution in [-0.2, 0) is 6.18 Å². The number of nitrogens with one attached hydrogen (secondary N) is 1. The summed E-state index contributed by atoms with van der Waals surface area (Å²) in [7, 11) is 0. The average Bonchev–Trinajstić information content (AvgIpc) is 2.41. The van der Waals surface area contributed by atoms with Gasteiger partial charge in [0.1, 0.15) is 11.4 Å². The second-order valence-corrected chi connectivity index (χ2v) is 4.86. The Morgan fingerprint density at radius 2 is 1.90 bits per heavy atom. The summed E-state index contributed by atoms with van der Waals surface area (Å²) in [5, 5.41) is 12.8. The van der Waals surface area contributed by atoms with E-state index in [4.69, 9.17) is 0 Å². The standard InChI is InChI=1S/C15H15F3N2O/c1-9-3-5-13(21)12(7-9)10(2)20-11-4-6-14(19-8-11)15(16,17)18/h3-8,10,20-21H,1-2H3. The van der Waals surface area contributed by atoms with Gasteiger partial charge >= 0.3 is 6.18 Å². The molecule has 112 valence electrons. The van der Waals surface area contributed by atoms with Gasteiger partial charge in [0.15, 0.2) is 0 Å². The first-order valence-corrected chi connectivity index (χ1v) is 6.36. The van der Waals surface area contributed by atoms with Crippen molar-refractivity contribution in [3.05, 3.63) is 53.3 Å². The van der Waals surface area contributed by atoms with Gasteiger partial charge in [0.05, 0.1) is 17.9 Å². The summed E-state index contributed by atoms with van der Waals surface area (Å²) >= 11 is 0. The molecule has 1 heterocycles. The van der Waals surface area contributed by atoms with E-state index in [1.807, 2.05) is 19.9 Å². The first-order chi connectivity index (χ1) is 9.77. The number of rotatable bonds is 3. The van der Waals surface area contributed by atoms with Crippen LogP contribution in [0.15, 0.2) is 36.5 Å². The Labute approximate surface area is 120 Å². The zero-order valence-corrected chi connectivity index (χ0v) is 11.6. The van der Waals surface area contributed by atoms with E-state index < -0.39 is 11.9 Å². The lowest BCUT2D eigenvalue weighted by Crippen LogP contribution is -2.10. The number of aromatic nitrogens is 1. The van der Waals surface area contributed by atoms with Crippen molar-refractivity contribution in [2.45, 2.75) is 26.1 Å². The smallest absolute Gasteiger partial charge is 0.433 e. The van der Waals surface area contributed by atoms with E-state index in [9.17, 15) is 18.3 Å². The van der Waals surface area contributed by atoms with Crippen molar-refractivity contribution < 1.29 is 18.3 Å². The van der Waals surface area contributed by atoms with Crippen molar-refractivity contribution in [1.29, 1.82) is 0 Å². The van der Waals surface area contributed by atoms with Crippen LogP contribution < -0.4 is 5.32 Å². The summed E-state index contributed by atoms with van der Waals surface area (Å²) < 4.78 is 37.3. The third-order valence-electron chi connectivity index (χ3n) is 3.09. The Morgan fingerprint density at radius 3 is 2.48 bits per heavy atom. The minimum atomic E-state index is -4.45. The largest absolute Gasteiger partial charge is 0.508 e. The Kier molecular flexibility index (Phi) is 4.06. The summed E-state index contributed by atoms with van der Waals surface area (Å²) in [6.07, 6.45) is -3.31. The number of nitrogens with zero attached hydrogens (tertiary/aromatic N) is 1. The molecule has 2 N–H and O–H groups in total. The van der Waals surface area contributed by atoms with Crippen LogP contribution in [0.4, 0.5) is 18.9 Å². The molecule has 0 radical (unpaired) electrons. The number of hydrogen-bond acceptors (Lipinski definition) is 3. The summed E-state index contributed by atoms with van der Waals surface area (Å²) in [5.74, 6) is 0.139. The summed E-state index contributed by atoms with van der Waals surface area (Å²) in [6, 6.07) is 7.18. The van der Waals surface area contributed by atoms with Crippen molar-refractivity contribution in [1.82, 2.24) is 4.98 Å². The molecule has 1 aromatic carbocycles. The number of benzene rings is 1. The van der Waals surface area contributed by atoms with Crippen LogP contribution in [0.25, 0.3) is 0 Å². The predicted octanol–water partition coefficient (Wildman–Crippen LogP) is 4.29. The summed E-state index contributed by atoms with van der Waals surface area (Å²) in [6.45, 7) is 3.71. The van der Waals surface area contributed by atoms with Crippen molar-refractivity contribution in [2.24, 2.45) is 0 Å². The molecule has 2 rings (SSSR count). The third kappa shape index (κ3) is 3.65. The maximum atomic E-state index is 12.4. The fourth-order valence-electron chi connectivity index (χ4n) is 2.00. The number of phenols is 1. The highest BCUT2D eigenvalue weighted by atomic mass is 19.4. The quantitative estimate of drug-likeness (QED) is 0.888. The molecule has 21 heavy (non-hydrogen) atoms. The number of aryl methyl sites for hydroxylation is 1. The van der Waals surface area contributed by atoms with Crippen LogP contribution >= 0.6 is 0 Å². The lowest BCUT2D eigenvalue weighted by atomic mass is 10.0. The fourth-order valence-corrected chi connectivity index (χ4v) is 2.00. The second-order valence-electron chi connectivity index (χ2n) is 4.86. The van der Waals surface area contributed by atoms with Crippen LogP contribution in [0, 0.1) is 6.92 Å². The summed E-state index contributed by atoms with van der Waals surface area (Å²) in [4.78, 5) is 3.39. The normalized spacial score (nSPS) is 13.0. The van der Waals surface area contributed by atoms with Gasteiger partial charge in [-0.1, -0.05) is 17.7 Å². The van der Waals surface area contributed by atoms with Gasteiger partial charge in [-0.15, -0.1) is 0 Å². The average molecular weight is 296 g/mol. The van der Waals surface area contributed by atoms with Gasteiger partial charge < -0.3 is 10.4 Å². The van der Waals surface area contributed by atoms with Crippen LogP contribution in [0.2, 0.25) is 0 Å². The van der Waals surface area contributed by atoms with Crippen molar-refractivity contribution in [2.75, 3.05) is 5.32 Å². The SMILES string of the molecule is Cc1ccc(O)c(C(C)Nc2ccc(C(F)(F)F)nc2)c1. The zero-order chi connectivity index (χ0) is 15.6. The molecule has 0 bridgehead atoms. The van der Waals surface area contributed by atoms with Gasteiger partial charge in [-0.25, -0.2) is 4.98 Å². The molecule has 2 aromatic rings. The molecule has 0 aliphatic rings. The monoisotopic (exact) mass is 296 g/mol. The number of alkyl halides is 3. The molecule has 1 aromatic heterocycles. The van der Waals surface area contributed by atoms with Crippen LogP contribution in [0.3, 0.4) is 0 Å². The lowest BCUT2D eigenvalue weighted by Gasteiger charge is -2.17. The number of anilines is 1. The highest BCUT2D eigenvalue weighted by Gasteiger charge is 2.32. The molecular formula is C15H15F3N2O. The first kappa shape index (κ1) is 15.2. The van der Waals surface area contributed by atoms with E-state index in [-0.39, 0.29) is 11.8 Å². The van der Waals surface area contributed by atoms with Gasteiger partial charge in [-0.05, 0) is 32.0 Å². The topological polar surface area (TPSA) is 45.1 Å². The van der Waals surface area contributed by atoms with Gasteiger partial charge in [-0.3, -0.25) is 0 Å². The highest BCUT2D eigenvalue weighted by molar-refractivity contribution is 5.47. The first-order valence-electron chi connectivity index (χ1n) is 6.36. The van der Waals surface area contributed by atoms with Gasteiger partial charge in [0.25, 0.3) is 0 Å². The van der Waals surface area contributed by atoms with E-state index in [1.165, 1.54) is 6.07 Å².